The molecule has 0 aliphatic heterocycles. The number of imidazole rings is 1. The average molecular weight is 208 g/mol. The number of nitrogens with zero attached hydrogens (tertiary/aromatic N) is 1. The van der Waals surface area contributed by atoms with E-state index in [1.54, 1.807) is 18.3 Å². The number of aromatic carboxylic acids is 1. The van der Waals surface area contributed by atoms with Crippen LogP contribution < -0.4 is 0 Å². The first-order valence-corrected chi connectivity index (χ1v) is 4.95. The van der Waals surface area contributed by atoms with Crippen LogP contribution >= 0.6 is 11.3 Å². The molecule has 72 valence electrons. The Hall–Kier alpha value is -1.62. The summed E-state index contributed by atoms with van der Waals surface area (Å²) in [5.41, 5.74) is 1.59. The second-order valence-electron chi connectivity index (χ2n) is 2.88. The van der Waals surface area contributed by atoms with E-state index in [4.69, 9.17) is 5.11 Å². The fourth-order valence-corrected chi connectivity index (χ4v) is 1.85. The van der Waals surface area contributed by atoms with Crippen LogP contribution in [0.25, 0.3) is 11.4 Å². The minimum Gasteiger partial charge on any atom is -0.476 e. The largest absolute Gasteiger partial charge is 0.476 e. The van der Waals surface area contributed by atoms with Gasteiger partial charge in [-0.05, 0) is 18.4 Å². The molecule has 0 fully saturated rings. The summed E-state index contributed by atoms with van der Waals surface area (Å²) >= 11 is 1.55. The summed E-state index contributed by atoms with van der Waals surface area (Å²) in [5, 5.41) is 12.6. The van der Waals surface area contributed by atoms with Crippen LogP contribution in [0.1, 0.15) is 16.2 Å². The number of hydrogen-bond donors (Lipinski definition) is 2. The monoisotopic (exact) mass is 208 g/mol. The Morgan fingerprint density at radius 3 is 2.93 bits per heavy atom. The van der Waals surface area contributed by atoms with Crippen LogP contribution in [0.15, 0.2) is 16.8 Å². The third-order valence-electron chi connectivity index (χ3n) is 1.88. The van der Waals surface area contributed by atoms with Crippen LogP contribution in [-0.2, 0) is 0 Å². The smallest absolute Gasteiger partial charge is 0.356 e. The molecule has 0 bridgehead atoms. The molecule has 14 heavy (non-hydrogen) atoms. The molecule has 2 aromatic rings. The van der Waals surface area contributed by atoms with Crippen LogP contribution in [-0.4, -0.2) is 21.0 Å². The lowest BCUT2D eigenvalue weighted by molar-refractivity contribution is 0.0690. The molecule has 0 atom stereocenters. The first kappa shape index (κ1) is 8.96. The Morgan fingerprint density at radius 2 is 2.43 bits per heavy atom. The van der Waals surface area contributed by atoms with Crippen molar-refractivity contribution in [2.24, 2.45) is 0 Å². The SMILES string of the molecule is Cc1[nH]c(-c2ccsc2)nc1C(=O)O. The Morgan fingerprint density at radius 1 is 1.64 bits per heavy atom. The van der Waals surface area contributed by atoms with Crippen molar-refractivity contribution in [3.05, 3.63) is 28.2 Å². The number of carboxylic acids is 1. The maximum absolute atomic E-state index is 10.7. The zero-order valence-corrected chi connectivity index (χ0v) is 8.26. The van der Waals surface area contributed by atoms with E-state index in [0.29, 0.717) is 11.5 Å². The molecule has 0 saturated carbocycles. The second-order valence-corrected chi connectivity index (χ2v) is 3.66. The summed E-state index contributed by atoms with van der Waals surface area (Å²) in [4.78, 5) is 17.7. The van der Waals surface area contributed by atoms with Gasteiger partial charge in [-0.25, -0.2) is 9.78 Å². The number of aromatic amines is 1. The summed E-state index contributed by atoms with van der Waals surface area (Å²) in [6.45, 7) is 1.70. The zero-order chi connectivity index (χ0) is 10.1. The van der Waals surface area contributed by atoms with Gasteiger partial charge in [-0.1, -0.05) is 0 Å². The lowest BCUT2D eigenvalue weighted by Gasteiger charge is -1.86. The van der Waals surface area contributed by atoms with Crippen LogP contribution in [0, 0.1) is 6.92 Å². The van der Waals surface area contributed by atoms with E-state index in [1.807, 2.05) is 16.8 Å². The lowest BCUT2D eigenvalue weighted by atomic mass is 10.3. The van der Waals surface area contributed by atoms with Crippen LogP contribution in [0.3, 0.4) is 0 Å². The number of hydrogen-bond acceptors (Lipinski definition) is 3. The van der Waals surface area contributed by atoms with Gasteiger partial charge in [0.1, 0.15) is 5.82 Å². The molecule has 0 spiro atoms. The molecule has 0 aromatic carbocycles. The molecule has 2 aromatic heterocycles. The Balaban J connectivity index is 2.48. The van der Waals surface area contributed by atoms with Crippen LogP contribution in [0.2, 0.25) is 0 Å². The van der Waals surface area contributed by atoms with Gasteiger partial charge in [-0.2, -0.15) is 11.3 Å². The van der Waals surface area contributed by atoms with Gasteiger partial charge in [0.05, 0.1) is 0 Å². The number of rotatable bonds is 2. The summed E-state index contributed by atoms with van der Waals surface area (Å²) in [6.07, 6.45) is 0. The number of aromatic nitrogens is 2. The van der Waals surface area contributed by atoms with Crippen molar-refractivity contribution in [3.8, 4) is 11.4 Å². The van der Waals surface area contributed by atoms with Gasteiger partial charge in [-0.3, -0.25) is 0 Å². The molecule has 0 unspecified atom stereocenters. The maximum atomic E-state index is 10.7. The van der Waals surface area contributed by atoms with Crippen molar-refractivity contribution in [3.63, 3.8) is 0 Å². The Labute approximate surface area is 84.2 Å². The highest BCUT2D eigenvalue weighted by Crippen LogP contribution is 2.20. The van der Waals surface area contributed by atoms with E-state index in [9.17, 15) is 4.79 Å². The minimum atomic E-state index is -1.000. The third kappa shape index (κ3) is 1.42. The van der Waals surface area contributed by atoms with Gasteiger partial charge in [0.2, 0.25) is 0 Å². The first-order chi connectivity index (χ1) is 6.68. The van der Waals surface area contributed by atoms with Gasteiger partial charge >= 0.3 is 5.97 Å². The van der Waals surface area contributed by atoms with Gasteiger partial charge < -0.3 is 10.1 Å². The molecule has 4 nitrogen and oxygen atoms in total. The van der Waals surface area contributed by atoms with E-state index in [2.05, 4.69) is 9.97 Å². The number of carboxylic acid groups (broad SMARTS) is 1. The van der Waals surface area contributed by atoms with Crippen molar-refractivity contribution in [2.75, 3.05) is 0 Å². The van der Waals surface area contributed by atoms with Crippen LogP contribution in [0.4, 0.5) is 0 Å². The topological polar surface area (TPSA) is 66.0 Å². The fourth-order valence-electron chi connectivity index (χ4n) is 1.20. The molecule has 2 heterocycles. The highest BCUT2D eigenvalue weighted by molar-refractivity contribution is 7.08. The Kier molecular flexibility index (Phi) is 2.09. The van der Waals surface area contributed by atoms with Gasteiger partial charge in [0.25, 0.3) is 0 Å². The van der Waals surface area contributed by atoms with Gasteiger partial charge in [0.15, 0.2) is 5.69 Å². The molecule has 5 heteroatoms. The van der Waals surface area contributed by atoms with Crippen LogP contribution in [0.5, 0.6) is 0 Å². The number of aryl methyl sites for hydroxylation is 1. The van der Waals surface area contributed by atoms with Crippen molar-refractivity contribution in [1.82, 2.24) is 9.97 Å². The molecule has 0 saturated heterocycles. The van der Waals surface area contributed by atoms with Crippen molar-refractivity contribution in [1.29, 1.82) is 0 Å². The minimum absolute atomic E-state index is 0.0891. The predicted octanol–water partition coefficient (Wildman–Crippen LogP) is 2.14. The molecule has 0 aliphatic carbocycles. The second kappa shape index (κ2) is 3.26. The summed E-state index contributed by atoms with van der Waals surface area (Å²) in [5.74, 6) is -0.388. The van der Waals surface area contributed by atoms with Gasteiger partial charge in [-0.15, -0.1) is 0 Å². The number of H-pyrrole nitrogens is 1. The van der Waals surface area contributed by atoms with Crippen molar-refractivity contribution in [2.45, 2.75) is 6.92 Å². The fraction of sp³-hybridized carbons (Fsp3) is 0.111. The molecule has 0 radical (unpaired) electrons. The average Bonchev–Trinajstić information content (AvgIpc) is 2.70. The van der Waals surface area contributed by atoms with E-state index >= 15 is 0 Å². The first-order valence-electron chi connectivity index (χ1n) is 4.01. The van der Waals surface area contributed by atoms with E-state index in [0.717, 1.165) is 5.56 Å². The highest BCUT2D eigenvalue weighted by atomic mass is 32.1. The maximum Gasteiger partial charge on any atom is 0.356 e. The van der Waals surface area contributed by atoms with Crippen molar-refractivity contribution >= 4 is 17.3 Å². The number of nitrogens with one attached hydrogen (secondary N) is 1. The summed E-state index contributed by atoms with van der Waals surface area (Å²) in [6, 6.07) is 1.90. The molecule has 2 rings (SSSR count). The zero-order valence-electron chi connectivity index (χ0n) is 7.44. The van der Waals surface area contributed by atoms with E-state index in [1.165, 1.54) is 0 Å². The molecule has 2 N–H and O–H groups in total. The molecule has 0 aliphatic rings. The summed E-state index contributed by atoms with van der Waals surface area (Å²) < 4.78 is 0. The number of carbonyl (C=O) groups is 1. The molecular formula is C9H8N2O2S. The number of thiophene rings is 1. The highest BCUT2D eigenvalue weighted by Gasteiger charge is 2.13. The van der Waals surface area contributed by atoms with E-state index in [-0.39, 0.29) is 5.69 Å². The quantitative estimate of drug-likeness (QED) is 0.794. The summed E-state index contributed by atoms with van der Waals surface area (Å²) in [7, 11) is 0. The predicted molar refractivity (Wildman–Crippen MR) is 53.6 cm³/mol. The van der Waals surface area contributed by atoms with Crippen molar-refractivity contribution < 1.29 is 9.90 Å². The lowest BCUT2D eigenvalue weighted by Crippen LogP contribution is -1.98. The molecule has 0 amide bonds. The molecular weight excluding hydrogens is 200 g/mol. The third-order valence-corrected chi connectivity index (χ3v) is 2.57. The standard InChI is InChI=1S/C9H8N2O2S/c1-5-7(9(12)13)11-8(10-5)6-2-3-14-4-6/h2-4H,1H3,(H,10,11)(H,12,13). The van der Waals surface area contributed by atoms with Gasteiger partial charge in [0, 0.05) is 16.6 Å². The Bertz CT molecular complexity index is 459. The van der Waals surface area contributed by atoms with E-state index < -0.39 is 5.97 Å². The normalized spacial score (nSPS) is 10.4.